The van der Waals surface area contributed by atoms with E-state index in [4.69, 9.17) is 5.11 Å². The second-order valence-corrected chi connectivity index (χ2v) is 8.60. The van der Waals surface area contributed by atoms with Crippen LogP contribution in [-0.4, -0.2) is 47.4 Å². The van der Waals surface area contributed by atoms with Gasteiger partial charge in [-0.05, 0) is 66.7 Å². The zero-order valence-electron chi connectivity index (χ0n) is 17.6. The van der Waals surface area contributed by atoms with Crippen molar-refractivity contribution in [3.05, 3.63) is 69.8 Å². The minimum atomic E-state index is -0.833. The second kappa shape index (κ2) is 7.50. The summed E-state index contributed by atoms with van der Waals surface area (Å²) in [5, 5.41) is 17.0. The number of rotatable bonds is 4. The number of hydrazone groups is 1. The SMILES string of the molecule is C[C@H](NC1CC=C(C2=C3NN=C4C=Cc5cc(F)cc(c54)C3=CN(C)C2)CC1)C(=O)O. The Bertz CT molecular complexity index is 1130. The summed E-state index contributed by atoms with van der Waals surface area (Å²) in [7, 11) is 2.02. The van der Waals surface area contributed by atoms with Crippen LogP contribution in [0.25, 0.3) is 11.6 Å². The lowest BCUT2D eigenvalue weighted by molar-refractivity contribution is -0.139. The van der Waals surface area contributed by atoms with Crippen LogP contribution in [-0.2, 0) is 4.79 Å². The molecule has 5 rings (SSSR count). The molecule has 0 amide bonds. The number of nitrogens with zero attached hydrogens (tertiary/aromatic N) is 2. The Kier molecular flexibility index (Phi) is 4.78. The first-order valence-electron chi connectivity index (χ1n) is 10.6. The van der Waals surface area contributed by atoms with E-state index in [0.717, 1.165) is 65.1 Å². The molecule has 0 radical (unpaired) electrons. The topological polar surface area (TPSA) is 77.0 Å². The molecule has 31 heavy (non-hydrogen) atoms. The van der Waals surface area contributed by atoms with E-state index in [1.54, 1.807) is 19.1 Å². The molecule has 2 aliphatic heterocycles. The van der Waals surface area contributed by atoms with Gasteiger partial charge < -0.3 is 15.3 Å². The molecule has 4 aliphatic rings. The number of benzene rings is 1. The lowest BCUT2D eigenvalue weighted by atomic mass is 9.85. The number of carboxylic acid groups (broad SMARTS) is 1. The van der Waals surface area contributed by atoms with Crippen molar-refractivity contribution < 1.29 is 14.3 Å². The quantitative estimate of drug-likeness (QED) is 0.697. The lowest BCUT2D eigenvalue weighted by Gasteiger charge is -2.32. The summed E-state index contributed by atoms with van der Waals surface area (Å²) in [5.41, 5.74) is 11.0. The standard InChI is InChI=1S/C24H25FN4O2/c1-13(24(30)31)26-17-6-3-14(4-7-17)19-11-29(2)12-20-18-10-16(25)9-15-5-8-21(22(15)18)27-28-23(19)20/h3,5,8-10,12-13,17,26,28H,4,6-7,11H2,1-2H3,(H,30,31)/t13-,17?/m0/s1. The van der Waals surface area contributed by atoms with Gasteiger partial charge in [-0.25, -0.2) is 4.39 Å². The molecule has 0 aromatic heterocycles. The van der Waals surface area contributed by atoms with Crippen LogP contribution in [0.3, 0.4) is 0 Å². The number of likely N-dealkylation sites (N-methyl/N-ethyl adjacent to an activating group) is 1. The van der Waals surface area contributed by atoms with Crippen molar-refractivity contribution in [3.63, 3.8) is 0 Å². The number of hydrogen-bond acceptors (Lipinski definition) is 5. The average Bonchev–Trinajstić information content (AvgIpc) is 3.07. The number of nitrogens with one attached hydrogen (secondary N) is 2. The Morgan fingerprint density at radius 3 is 2.97 bits per heavy atom. The minimum absolute atomic E-state index is 0.150. The Labute approximate surface area is 180 Å². The maximum atomic E-state index is 14.4. The van der Waals surface area contributed by atoms with Gasteiger partial charge in [-0.1, -0.05) is 12.2 Å². The molecule has 1 unspecified atom stereocenters. The molecular weight excluding hydrogens is 395 g/mol. The van der Waals surface area contributed by atoms with E-state index in [1.807, 2.05) is 19.2 Å². The third-order valence-corrected chi connectivity index (χ3v) is 6.37. The Balaban J connectivity index is 1.52. The van der Waals surface area contributed by atoms with Gasteiger partial charge in [0.25, 0.3) is 0 Å². The summed E-state index contributed by atoms with van der Waals surface area (Å²) < 4.78 is 14.4. The molecule has 2 atom stereocenters. The van der Waals surface area contributed by atoms with Gasteiger partial charge in [-0.3, -0.25) is 10.2 Å². The molecular formula is C24H25FN4O2. The van der Waals surface area contributed by atoms with Crippen molar-refractivity contribution in [1.29, 1.82) is 0 Å². The van der Waals surface area contributed by atoms with Crippen molar-refractivity contribution >= 4 is 23.3 Å². The zero-order valence-corrected chi connectivity index (χ0v) is 17.6. The summed E-state index contributed by atoms with van der Waals surface area (Å²) in [5.74, 6) is -1.09. The van der Waals surface area contributed by atoms with Crippen molar-refractivity contribution in [2.24, 2.45) is 5.10 Å². The molecule has 6 nitrogen and oxygen atoms in total. The molecule has 7 heteroatoms. The van der Waals surface area contributed by atoms with Gasteiger partial charge in [0, 0.05) is 37.0 Å². The fraction of sp³-hybridized carbons (Fsp3) is 0.333. The van der Waals surface area contributed by atoms with Crippen molar-refractivity contribution in [2.75, 3.05) is 13.6 Å². The van der Waals surface area contributed by atoms with Crippen LogP contribution >= 0.6 is 0 Å². The third-order valence-electron chi connectivity index (χ3n) is 6.37. The van der Waals surface area contributed by atoms with Gasteiger partial charge in [0.1, 0.15) is 11.9 Å². The van der Waals surface area contributed by atoms with E-state index in [-0.39, 0.29) is 11.9 Å². The number of allylic oxidation sites excluding steroid dienone is 2. The second-order valence-electron chi connectivity index (χ2n) is 8.60. The normalized spacial score (nSPS) is 22.6. The molecule has 1 aromatic carbocycles. The highest BCUT2D eigenvalue weighted by Gasteiger charge is 2.31. The predicted octanol–water partition coefficient (Wildman–Crippen LogP) is 3.24. The molecule has 0 fully saturated rings. The number of aliphatic carboxylic acids is 1. The van der Waals surface area contributed by atoms with Gasteiger partial charge in [-0.2, -0.15) is 5.10 Å². The summed E-state index contributed by atoms with van der Waals surface area (Å²) in [6.07, 6.45) is 10.6. The van der Waals surface area contributed by atoms with Gasteiger partial charge >= 0.3 is 5.97 Å². The molecule has 2 aliphatic carbocycles. The van der Waals surface area contributed by atoms with Crippen LogP contribution in [0.1, 0.15) is 42.9 Å². The molecule has 0 saturated carbocycles. The van der Waals surface area contributed by atoms with Gasteiger partial charge in [0.2, 0.25) is 0 Å². The Hall–Kier alpha value is -3.19. The van der Waals surface area contributed by atoms with Gasteiger partial charge in [0.05, 0.1) is 11.4 Å². The summed E-state index contributed by atoms with van der Waals surface area (Å²) in [6.45, 7) is 2.41. The first-order valence-corrected chi connectivity index (χ1v) is 10.6. The Morgan fingerprint density at radius 1 is 1.39 bits per heavy atom. The number of carbonyl (C=O) groups is 1. The van der Waals surface area contributed by atoms with E-state index in [0.29, 0.717) is 0 Å². The van der Waals surface area contributed by atoms with E-state index in [1.165, 1.54) is 5.57 Å². The van der Waals surface area contributed by atoms with Crippen molar-refractivity contribution in [1.82, 2.24) is 15.6 Å². The van der Waals surface area contributed by atoms with E-state index in [9.17, 15) is 9.18 Å². The zero-order chi connectivity index (χ0) is 21.7. The van der Waals surface area contributed by atoms with Crippen LogP contribution in [0.5, 0.6) is 0 Å². The third kappa shape index (κ3) is 3.49. The van der Waals surface area contributed by atoms with E-state index >= 15 is 0 Å². The van der Waals surface area contributed by atoms with Crippen LogP contribution in [0.15, 0.2) is 52.4 Å². The fourth-order valence-electron chi connectivity index (χ4n) is 4.82. The molecule has 3 N–H and O–H groups in total. The average molecular weight is 420 g/mol. The van der Waals surface area contributed by atoms with Crippen LogP contribution in [0.4, 0.5) is 4.39 Å². The minimum Gasteiger partial charge on any atom is -0.480 e. The lowest BCUT2D eigenvalue weighted by Crippen LogP contribution is -2.42. The molecule has 0 bridgehead atoms. The first-order chi connectivity index (χ1) is 14.9. The highest BCUT2D eigenvalue weighted by Crippen LogP contribution is 2.40. The first kappa shape index (κ1) is 19.8. The molecule has 160 valence electrons. The fourth-order valence-corrected chi connectivity index (χ4v) is 4.82. The van der Waals surface area contributed by atoms with Crippen molar-refractivity contribution in [3.8, 4) is 0 Å². The largest absolute Gasteiger partial charge is 0.480 e. The predicted molar refractivity (Wildman–Crippen MR) is 119 cm³/mol. The van der Waals surface area contributed by atoms with Gasteiger partial charge in [-0.15, -0.1) is 0 Å². The van der Waals surface area contributed by atoms with Crippen LogP contribution < -0.4 is 10.7 Å². The molecule has 1 aromatic rings. The molecule has 0 spiro atoms. The maximum Gasteiger partial charge on any atom is 0.320 e. The summed E-state index contributed by atoms with van der Waals surface area (Å²) in [4.78, 5) is 13.3. The number of carboxylic acids is 1. The number of hydrogen-bond donors (Lipinski definition) is 3. The highest BCUT2D eigenvalue weighted by atomic mass is 19.1. The van der Waals surface area contributed by atoms with Crippen LogP contribution in [0.2, 0.25) is 0 Å². The van der Waals surface area contributed by atoms with E-state index < -0.39 is 12.0 Å². The summed E-state index contributed by atoms with van der Waals surface area (Å²) in [6, 6.07) is 2.74. The number of fused-ring (bicyclic) bond motifs is 2. The van der Waals surface area contributed by atoms with Crippen molar-refractivity contribution in [2.45, 2.75) is 38.3 Å². The molecule has 2 heterocycles. The monoisotopic (exact) mass is 420 g/mol. The van der Waals surface area contributed by atoms with Gasteiger partial charge in [0.15, 0.2) is 0 Å². The number of halogens is 1. The highest BCUT2D eigenvalue weighted by molar-refractivity contribution is 6.20. The molecule has 0 saturated heterocycles. The Morgan fingerprint density at radius 2 is 2.23 bits per heavy atom. The summed E-state index contributed by atoms with van der Waals surface area (Å²) >= 11 is 0. The smallest absolute Gasteiger partial charge is 0.320 e. The maximum absolute atomic E-state index is 14.4. The van der Waals surface area contributed by atoms with E-state index in [2.05, 4.69) is 33.0 Å². The van der Waals surface area contributed by atoms with Crippen LogP contribution in [0, 0.1) is 5.82 Å².